The molecule has 0 spiro atoms. The van der Waals surface area contributed by atoms with Crippen LogP contribution in [0, 0.1) is 0 Å². The van der Waals surface area contributed by atoms with Crippen LogP contribution in [-0.4, -0.2) is 42.9 Å². The lowest BCUT2D eigenvalue weighted by atomic mass is 10.2. The van der Waals surface area contributed by atoms with Gasteiger partial charge < -0.3 is 9.09 Å². The van der Waals surface area contributed by atoms with Crippen molar-refractivity contribution in [1.82, 2.24) is 29.8 Å². The number of rotatable bonds is 6. The first-order valence-corrected chi connectivity index (χ1v) is 8.85. The Kier molecular flexibility index (Phi) is 4.56. The Morgan fingerprint density at radius 3 is 2.84 bits per heavy atom. The molecular formula is C18H22N6O. The van der Waals surface area contributed by atoms with E-state index in [0.29, 0.717) is 11.7 Å². The molecule has 7 heteroatoms. The number of benzene rings is 1. The predicted octanol–water partition coefficient (Wildman–Crippen LogP) is 2.34. The molecule has 2 aromatic heterocycles. The Bertz CT molecular complexity index is 825. The molecule has 4 rings (SSSR count). The van der Waals surface area contributed by atoms with Crippen LogP contribution in [0.4, 0.5) is 0 Å². The third-order valence-electron chi connectivity index (χ3n) is 4.59. The minimum Gasteiger partial charge on any atom is -0.339 e. The van der Waals surface area contributed by atoms with Crippen molar-refractivity contribution in [2.45, 2.75) is 39.3 Å². The highest BCUT2D eigenvalue weighted by Crippen LogP contribution is 2.16. The highest BCUT2D eigenvalue weighted by Gasteiger charge is 2.20. The Morgan fingerprint density at radius 1 is 1.12 bits per heavy atom. The molecule has 0 bridgehead atoms. The van der Waals surface area contributed by atoms with Gasteiger partial charge in [-0.2, -0.15) is 4.98 Å². The fourth-order valence-electron chi connectivity index (χ4n) is 3.24. The van der Waals surface area contributed by atoms with Gasteiger partial charge in [0.25, 0.3) is 0 Å². The number of aromatic nitrogens is 5. The van der Waals surface area contributed by atoms with Gasteiger partial charge in [0.15, 0.2) is 0 Å². The van der Waals surface area contributed by atoms with E-state index in [9.17, 15) is 0 Å². The molecule has 7 nitrogen and oxygen atoms in total. The summed E-state index contributed by atoms with van der Waals surface area (Å²) >= 11 is 0. The van der Waals surface area contributed by atoms with Crippen LogP contribution in [-0.2, 0) is 25.9 Å². The summed E-state index contributed by atoms with van der Waals surface area (Å²) in [5.74, 6) is 3.53. The number of hydrogen-bond acceptors (Lipinski definition) is 6. The Balaban J connectivity index is 1.29. The third kappa shape index (κ3) is 3.46. The molecule has 3 heterocycles. The molecule has 0 aliphatic carbocycles. The van der Waals surface area contributed by atoms with E-state index in [-0.39, 0.29) is 0 Å². The number of aryl methyl sites for hydroxylation is 2. The molecule has 25 heavy (non-hydrogen) atoms. The molecule has 0 saturated heterocycles. The van der Waals surface area contributed by atoms with Crippen molar-refractivity contribution >= 4 is 0 Å². The van der Waals surface area contributed by atoms with Crippen LogP contribution >= 0.6 is 0 Å². The smallest absolute Gasteiger partial charge is 0.227 e. The summed E-state index contributed by atoms with van der Waals surface area (Å²) in [6.45, 7) is 6.00. The van der Waals surface area contributed by atoms with Crippen molar-refractivity contribution in [1.29, 1.82) is 0 Å². The third-order valence-corrected chi connectivity index (χ3v) is 4.59. The molecule has 1 aliphatic rings. The summed E-state index contributed by atoms with van der Waals surface area (Å²) in [6.07, 6.45) is 2.72. The highest BCUT2D eigenvalue weighted by molar-refractivity contribution is 5.53. The molecule has 0 unspecified atom stereocenters. The molecule has 0 atom stereocenters. The van der Waals surface area contributed by atoms with Gasteiger partial charge in [-0.3, -0.25) is 4.90 Å². The SMILES string of the molecule is CCc1nnc2n1CCN(CCCc1nc(-c3ccccc3)no1)C2. The van der Waals surface area contributed by atoms with Crippen LogP contribution in [0.3, 0.4) is 0 Å². The van der Waals surface area contributed by atoms with Crippen LogP contribution in [0.15, 0.2) is 34.9 Å². The second kappa shape index (κ2) is 7.14. The van der Waals surface area contributed by atoms with Gasteiger partial charge in [0.05, 0.1) is 6.54 Å². The summed E-state index contributed by atoms with van der Waals surface area (Å²) in [6, 6.07) is 9.91. The molecule has 130 valence electrons. The summed E-state index contributed by atoms with van der Waals surface area (Å²) in [5, 5.41) is 12.6. The quantitative estimate of drug-likeness (QED) is 0.687. The Labute approximate surface area is 146 Å². The van der Waals surface area contributed by atoms with Gasteiger partial charge in [-0.15, -0.1) is 10.2 Å². The monoisotopic (exact) mass is 338 g/mol. The summed E-state index contributed by atoms with van der Waals surface area (Å²) in [5.41, 5.74) is 0.986. The molecule has 3 aromatic rings. The molecule has 0 N–H and O–H groups in total. The van der Waals surface area contributed by atoms with Crippen molar-refractivity contribution in [2.24, 2.45) is 0 Å². The maximum absolute atomic E-state index is 5.38. The lowest BCUT2D eigenvalue weighted by Crippen LogP contribution is -2.35. The van der Waals surface area contributed by atoms with Crippen LogP contribution in [0.1, 0.15) is 30.9 Å². The first kappa shape index (κ1) is 16.0. The lowest BCUT2D eigenvalue weighted by Gasteiger charge is -2.27. The van der Waals surface area contributed by atoms with E-state index in [1.54, 1.807) is 0 Å². The van der Waals surface area contributed by atoms with Crippen molar-refractivity contribution in [3.05, 3.63) is 47.9 Å². The Hall–Kier alpha value is -2.54. The zero-order valence-corrected chi connectivity index (χ0v) is 14.4. The largest absolute Gasteiger partial charge is 0.339 e. The zero-order chi connectivity index (χ0) is 17.1. The maximum atomic E-state index is 5.38. The number of fused-ring (bicyclic) bond motifs is 1. The average molecular weight is 338 g/mol. The molecule has 1 aliphatic heterocycles. The van der Waals surface area contributed by atoms with Gasteiger partial charge in [-0.1, -0.05) is 42.4 Å². The molecule has 0 radical (unpaired) electrons. The summed E-state index contributed by atoms with van der Waals surface area (Å²) in [7, 11) is 0. The van der Waals surface area contributed by atoms with E-state index in [0.717, 1.165) is 62.7 Å². The molecule has 0 fully saturated rings. The Morgan fingerprint density at radius 2 is 2.00 bits per heavy atom. The standard InChI is InChI=1S/C18H22N6O/c1-2-15-20-21-16-13-23(11-12-24(15)16)10-6-9-17-19-18(22-25-17)14-7-4-3-5-8-14/h3-5,7-8H,2,6,9-13H2,1H3. The van der Waals surface area contributed by atoms with E-state index in [4.69, 9.17) is 4.52 Å². The van der Waals surface area contributed by atoms with Crippen molar-refractivity contribution in [3.8, 4) is 11.4 Å². The van der Waals surface area contributed by atoms with E-state index < -0.39 is 0 Å². The van der Waals surface area contributed by atoms with E-state index >= 15 is 0 Å². The number of hydrogen-bond donors (Lipinski definition) is 0. The van der Waals surface area contributed by atoms with Gasteiger partial charge in [0.1, 0.15) is 11.6 Å². The maximum Gasteiger partial charge on any atom is 0.227 e. The second-order valence-corrected chi connectivity index (χ2v) is 6.30. The average Bonchev–Trinajstić information content (AvgIpc) is 3.29. The van der Waals surface area contributed by atoms with Gasteiger partial charge in [-0.25, -0.2) is 0 Å². The van der Waals surface area contributed by atoms with Crippen molar-refractivity contribution in [2.75, 3.05) is 13.1 Å². The fraction of sp³-hybridized carbons (Fsp3) is 0.444. The van der Waals surface area contributed by atoms with Crippen LogP contribution < -0.4 is 0 Å². The predicted molar refractivity (Wildman–Crippen MR) is 92.7 cm³/mol. The molecular weight excluding hydrogens is 316 g/mol. The van der Waals surface area contributed by atoms with Gasteiger partial charge in [0, 0.05) is 31.5 Å². The molecule has 1 aromatic carbocycles. The minimum atomic E-state index is 0.661. The highest BCUT2D eigenvalue weighted by atomic mass is 16.5. The van der Waals surface area contributed by atoms with Gasteiger partial charge >= 0.3 is 0 Å². The number of nitrogens with zero attached hydrogens (tertiary/aromatic N) is 6. The first-order valence-electron chi connectivity index (χ1n) is 8.85. The molecule has 0 amide bonds. The van der Waals surface area contributed by atoms with Crippen LogP contribution in [0.2, 0.25) is 0 Å². The van der Waals surface area contributed by atoms with Crippen LogP contribution in [0.25, 0.3) is 11.4 Å². The van der Waals surface area contributed by atoms with Crippen LogP contribution in [0.5, 0.6) is 0 Å². The van der Waals surface area contributed by atoms with E-state index in [1.807, 2.05) is 30.3 Å². The second-order valence-electron chi connectivity index (χ2n) is 6.30. The summed E-state index contributed by atoms with van der Waals surface area (Å²) in [4.78, 5) is 6.91. The van der Waals surface area contributed by atoms with E-state index in [1.165, 1.54) is 0 Å². The molecule has 0 saturated carbocycles. The normalized spacial score (nSPS) is 14.6. The van der Waals surface area contributed by atoms with Gasteiger partial charge in [0.2, 0.25) is 11.7 Å². The first-order chi connectivity index (χ1) is 12.3. The fourth-order valence-corrected chi connectivity index (χ4v) is 3.24. The van der Waals surface area contributed by atoms with Gasteiger partial charge in [-0.05, 0) is 13.0 Å². The van der Waals surface area contributed by atoms with E-state index in [2.05, 4.69) is 36.7 Å². The van der Waals surface area contributed by atoms with Crippen molar-refractivity contribution < 1.29 is 4.52 Å². The lowest BCUT2D eigenvalue weighted by molar-refractivity contribution is 0.210. The minimum absolute atomic E-state index is 0.661. The topological polar surface area (TPSA) is 72.9 Å². The summed E-state index contributed by atoms with van der Waals surface area (Å²) < 4.78 is 7.63. The zero-order valence-electron chi connectivity index (χ0n) is 14.4. The van der Waals surface area contributed by atoms with Crippen molar-refractivity contribution in [3.63, 3.8) is 0 Å².